The zero-order valence-corrected chi connectivity index (χ0v) is 8.84. The van der Waals surface area contributed by atoms with Crippen LogP contribution in [0.1, 0.15) is 31.7 Å². The Morgan fingerprint density at radius 2 is 2.00 bits per heavy atom. The average Bonchev–Trinajstić information content (AvgIpc) is 2.18. The van der Waals surface area contributed by atoms with Gasteiger partial charge in [-0.3, -0.25) is 0 Å². The van der Waals surface area contributed by atoms with E-state index in [0.29, 0.717) is 0 Å². The Bertz CT molecular complexity index is 347. The van der Waals surface area contributed by atoms with E-state index in [2.05, 4.69) is 0 Å². The van der Waals surface area contributed by atoms with Gasteiger partial charge >= 0.3 is 0 Å². The van der Waals surface area contributed by atoms with Gasteiger partial charge in [-0.1, -0.05) is 13.8 Å². The van der Waals surface area contributed by atoms with E-state index in [1.165, 1.54) is 6.07 Å². The van der Waals surface area contributed by atoms with E-state index in [1.807, 2.05) is 13.8 Å². The molecule has 0 aliphatic heterocycles. The summed E-state index contributed by atoms with van der Waals surface area (Å²) in [5.41, 5.74) is 0.289. The molecule has 0 N–H and O–H groups in total. The molecule has 1 aromatic rings. The van der Waals surface area contributed by atoms with Crippen LogP contribution in [0.2, 0.25) is 0 Å². The number of halogens is 2. The van der Waals surface area contributed by atoms with E-state index in [9.17, 15) is 13.6 Å². The van der Waals surface area contributed by atoms with Gasteiger partial charge in [0.15, 0.2) is 0 Å². The van der Waals surface area contributed by atoms with Gasteiger partial charge in [0.1, 0.15) is 17.9 Å². The molecule has 0 saturated heterocycles. The Balaban J connectivity index is 3.09. The van der Waals surface area contributed by atoms with Crippen molar-refractivity contribution in [1.82, 2.24) is 0 Å². The minimum absolute atomic E-state index is 0.103. The monoisotopic (exact) mass is 212 g/mol. The van der Waals surface area contributed by atoms with Gasteiger partial charge < -0.3 is 4.79 Å². The third-order valence-corrected chi connectivity index (χ3v) is 2.51. The van der Waals surface area contributed by atoms with E-state index in [0.717, 1.165) is 18.4 Å². The molecule has 3 heteroatoms. The Morgan fingerprint density at radius 1 is 1.33 bits per heavy atom. The predicted molar refractivity (Wildman–Crippen MR) is 54.6 cm³/mol. The van der Waals surface area contributed by atoms with Crippen molar-refractivity contribution in [3.63, 3.8) is 0 Å². The fourth-order valence-corrected chi connectivity index (χ4v) is 1.66. The van der Waals surface area contributed by atoms with Crippen molar-refractivity contribution in [2.24, 2.45) is 5.92 Å². The first-order valence-corrected chi connectivity index (χ1v) is 4.94. The lowest BCUT2D eigenvalue weighted by Crippen LogP contribution is -2.10. The Morgan fingerprint density at radius 3 is 2.53 bits per heavy atom. The van der Waals surface area contributed by atoms with Crippen molar-refractivity contribution in [2.45, 2.75) is 26.2 Å². The molecule has 0 aliphatic rings. The summed E-state index contributed by atoms with van der Waals surface area (Å²) in [4.78, 5) is 10.5. The molecular weight excluding hydrogens is 198 g/mol. The number of carbonyl (C=O) groups is 1. The first-order chi connectivity index (χ1) is 7.06. The van der Waals surface area contributed by atoms with Crippen LogP contribution >= 0.6 is 0 Å². The number of hydrogen-bond acceptors (Lipinski definition) is 1. The summed E-state index contributed by atoms with van der Waals surface area (Å²) in [5.74, 6) is -1.07. The van der Waals surface area contributed by atoms with Gasteiger partial charge in [0.2, 0.25) is 0 Å². The van der Waals surface area contributed by atoms with E-state index < -0.39 is 11.6 Å². The second-order valence-electron chi connectivity index (χ2n) is 3.92. The van der Waals surface area contributed by atoms with Crippen LogP contribution in [-0.2, 0) is 4.79 Å². The van der Waals surface area contributed by atoms with Crippen LogP contribution in [0.4, 0.5) is 8.78 Å². The second kappa shape index (κ2) is 5.01. The van der Waals surface area contributed by atoms with Crippen LogP contribution < -0.4 is 0 Å². The van der Waals surface area contributed by atoms with Crippen LogP contribution in [0.25, 0.3) is 0 Å². The van der Waals surface area contributed by atoms with Gasteiger partial charge in [-0.15, -0.1) is 0 Å². The number of benzene rings is 1. The van der Waals surface area contributed by atoms with Gasteiger partial charge in [0, 0.05) is 6.42 Å². The summed E-state index contributed by atoms with van der Waals surface area (Å²) in [6, 6.07) is 3.35. The molecule has 0 fully saturated rings. The topological polar surface area (TPSA) is 17.1 Å². The number of rotatable bonds is 4. The highest BCUT2D eigenvalue weighted by Crippen LogP contribution is 2.29. The molecule has 82 valence electrons. The van der Waals surface area contributed by atoms with Gasteiger partial charge in [0.05, 0.1) is 0 Å². The summed E-state index contributed by atoms with van der Waals surface area (Å²) >= 11 is 0. The highest BCUT2D eigenvalue weighted by Gasteiger charge is 2.19. The van der Waals surface area contributed by atoms with E-state index in [-0.39, 0.29) is 23.8 Å². The van der Waals surface area contributed by atoms with Gasteiger partial charge in [0.25, 0.3) is 0 Å². The quantitative estimate of drug-likeness (QED) is 0.700. The zero-order chi connectivity index (χ0) is 11.4. The van der Waals surface area contributed by atoms with Gasteiger partial charge in [-0.25, -0.2) is 8.78 Å². The van der Waals surface area contributed by atoms with Crippen LogP contribution in [0.5, 0.6) is 0 Å². The Kier molecular flexibility index (Phi) is 3.95. The van der Waals surface area contributed by atoms with Crippen molar-refractivity contribution < 1.29 is 13.6 Å². The molecule has 0 spiro atoms. The molecule has 0 heterocycles. The molecule has 1 aromatic carbocycles. The Labute approximate surface area is 88.1 Å². The standard InChI is InChI=1S/C12H14F2O/c1-8(2)10(5-6-15)11-7-9(13)3-4-12(11)14/h3-4,6-8,10H,5H2,1-2H3. The highest BCUT2D eigenvalue weighted by atomic mass is 19.1. The molecule has 1 unspecified atom stereocenters. The molecule has 1 atom stereocenters. The van der Waals surface area contributed by atoms with Crippen molar-refractivity contribution in [3.05, 3.63) is 35.4 Å². The molecule has 0 bridgehead atoms. The fourth-order valence-electron chi connectivity index (χ4n) is 1.66. The number of carbonyl (C=O) groups excluding carboxylic acids is 1. The second-order valence-corrected chi connectivity index (χ2v) is 3.92. The summed E-state index contributed by atoms with van der Waals surface area (Å²) in [5, 5.41) is 0. The number of hydrogen-bond donors (Lipinski definition) is 0. The van der Waals surface area contributed by atoms with Crippen molar-refractivity contribution in [2.75, 3.05) is 0 Å². The average molecular weight is 212 g/mol. The third-order valence-electron chi connectivity index (χ3n) is 2.51. The van der Waals surface area contributed by atoms with Crippen molar-refractivity contribution >= 4 is 6.29 Å². The number of aldehydes is 1. The summed E-state index contributed by atoms with van der Waals surface area (Å²) in [6.45, 7) is 3.77. The third kappa shape index (κ3) is 2.85. The molecule has 0 aromatic heterocycles. The largest absolute Gasteiger partial charge is 0.303 e. The minimum atomic E-state index is -0.469. The maximum atomic E-state index is 13.4. The van der Waals surface area contributed by atoms with Gasteiger partial charge in [-0.05, 0) is 35.6 Å². The SMILES string of the molecule is CC(C)C(CC=O)c1cc(F)ccc1F. The smallest absolute Gasteiger partial charge is 0.126 e. The van der Waals surface area contributed by atoms with E-state index >= 15 is 0 Å². The molecule has 15 heavy (non-hydrogen) atoms. The van der Waals surface area contributed by atoms with Crippen LogP contribution in [-0.4, -0.2) is 6.29 Å². The fraction of sp³-hybridized carbons (Fsp3) is 0.417. The summed E-state index contributed by atoms with van der Waals surface area (Å²) < 4.78 is 26.4. The lowest BCUT2D eigenvalue weighted by atomic mass is 9.86. The highest BCUT2D eigenvalue weighted by molar-refractivity contribution is 5.52. The zero-order valence-electron chi connectivity index (χ0n) is 8.84. The molecule has 0 aliphatic carbocycles. The van der Waals surface area contributed by atoms with Crippen molar-refractivity contribution in [3.8, 4) is 0 Å². The molecular formula is C12H14F2O. The first kappa shape index (κ1) is 11.8. The van der Waals surface area contributed by atoms with Crippen LogP contribution in [0.3, 0.4) is 0 Å². The summed E-state index contributed by atoms with van der Waals surface area (Å²) in [7, 11) is 0. The normalized spacial score (nSPS) is 12.9. The molecule has 0 radical (unpaired) electrons. The predicted octanol–water partition coefficient (Wildman–Crippen LogP) is 3.29. The van der Waals surface area contributed by atoms with Gasteiger partial charge in [-0.2, -0.15) is 0 Å². The first-order valence-electron chi connectivity index (χ1n) is 4.94. The minimum Gasteiger partial charge on any atom is -0.303 e. The lowest BCUT2D eigenvalue weighted by Gasteiger charge is -2.19. The Hall–Kier alpha value is -1.25. The summed E-state index contributed by atoms with van der Waals surface area (Å²) in [6.07, 6.45) is 0.965. The molecule has 0 saturated carbocycles. The van der Waals surface area contributed by atoms with E-state index in [4.69, 9.17) is 0 Å². The molecule has 1 nitrogen and oxygen atoms in total. The van der Waals surface area contributed by atoms with Crippen LogP contribution in [0.15, 0.2) is 18.2 Å². The lowest BCUT2D eigenvalue weighted by molar-refractivity contribution is -0.108. The van der Waals surface area contributed by atoms with E-state index in [1.54, 1.807) is 0 Å². The molecule has 0 amide bonds. The van der Waals surface area contributed by atoms with Crippen molar-refractivity contribution in [1.29, 1.82) is 0 Å². The van der Waals surface area contributed by atoms with Crippen LogP contribution in [0, 0.1) is 17.6 Å². The maximum Gasteiger partial charge on any atom is 0.126 e. The maximum absolute atomic E-state index is 13.4. The molecule has 1 rings (SSSR count).